The number of hydrogen-bond donors (Lipinski definition) is 1. The highest BCUT2D eigenvalue weighted by molar-refractivity contribution is 7.13. The Morgan fingerprint density at radius 2 is 1.89 bits per heavy atom. The highest BCUT2D eigenvalue weighted by Gasteiger charge is 2.14. The van der Waals surface area contributed by atoms with Gasteiger partial charge in [0.05, 0.1) is 10.9 Å². The molecule has 0 aliphatic rings. The second kappa shape index (κ2) is 5.57. The van der Waals surface area contributed by atoms with E-state index in [1.807, 2.05) is 26.0 Å². The van der Waals surface area contributed by atoms with Gasteiger partial charge in [0, 0.05) is 4.88 Å². The van der Waals surface area contributed by atoms with Gasteiger partial charge in [-0.3, -0.25) is 4.79 Å². The average molecular weight is 273 g/mol. The lowest BCUT2D eigenvalue weighted by Gasteiger charge is -2.16. The molecule has 0 unspecified atom stereocenters. The number of aryl methyl sites for hydroxylation is 3. The van der Waals surface area contributed by atoms with Crippen LogP contribution in [0.25, 0.3) is 0 Å². The number of rotatable bonds is 3. The summed E-state index contributed by atoms with van der Waals surface area (Å²) in [6, 6.07) is 10.2. The van der Waals surface area contributed by atoms with Crippen molar-refractivity contribution in [3.05, 3.63) is 56.8 Å². The van der Waals surface area contributed by atoms with E-state index in [1.54, 1.807) is 0 Å². The molecule has 2 aromatic rings. The van der Waals surface area contributed by atoms with Crippen LogP contribution in [0, 0.1) is 20.8 Å². The van der Waals surface area contributed by atoms with E-state index in [1.165, 1.54) is 28.0 Å². The Morgan fingerprint density at radius 3 is 2.47 bits per heavy atom. The molecule has 0 saturated carbocycles. The number of thiophene rings is 1. The van der Waals surface area contributed by atoms with Gasteiger partial charge in [-0.15, -0.1) is 11.3 Å². The predicted octanol–water partition coefficient (Wildman–Crippen LogP) is 4.16. The molecule has 1 heterocycles. The minimum absolute atomic E-state index is 0.00516. The summed E-state index contributed by atoms with van der Waals surface area (Å²) in [7, 11) is 0. The summed E-state index contributed by atoms with van der Waals surface area (Å²) in [6.45, 7) is 8.19. The van der Waals surface area contributed by atoms with Gasteiger partial charge < -0.3 is 5.32 Å². The third-order valence-corrected chi connectivity index (χ3v) is 4.20. The van der Waals surface area contributed by atoms with E-state index in [2.05, 4.69) is 37.4 Å². The lowest BCUT2D eigenvalue weighted by molar-refractivity contribution is 0.0944. The fourth-order valence-corrected chi connectivity index (χ4v) is 2.98. The monoisotopic (exact) mass is 273 g/mol. The normalized spacial score (nSPS) is 12.2. The van der Waals surface area contributed by atoms with Gasteiger partial charge in [0.2, 0.25) is 0 Å². The molecule has 1 N–H and O–H groups in total. The first kappa shape index (κ1) is 13.8. The maximum Gasteiger partial charge on any atom is 0.261 e. The van der Waals surface area contributed by atoms with Crippen LogP contribution in [0.1, 0.15) is 44.2 Å². The second-order valence-corrected chi connectivity index (χ2v) is 6.25. The Labute approximate surface area is 118 Å². The van der Waals surface area contributed by atoms with E-state index in [-0.39, 0.29) is 11.9 Å². The lowest BCUT2D eigenvalue weighted by Crippen LogP contribution is -2.26. The molecular formula is C16H19NOS. The molecule has 0 aliphatic carbocycles. The number of hydrogen-bond acceptors (Lipinski definition) is 2. The predicted molar refractivity (Wildman–Crippen MR) is 80.9 cm³/mol. The maximum absolute atomic E-state index is 12.1. The van der Waals surface area contributed by atoms with Crippen molar-refractivity contribution in [3.63, 3.8) is 0 Å². The zero-order valence-corrected chi connectivity index (χ0v) is 12.6. The third-order valence-electron chi connectivity index (χ3n) is 3.20. The summed E-state index contributed by atoms with van der Waals surface area (Å²) in [6.07, 6.45) is 0. The van der Waals surface area contributed by atoms with Crippen molar-refractivity contribution in [2.24, 2.45) is 0 Å². The molecule has 2 nitrogen and oxygen atoms in total. The zero-order chi connectivity index (χ0) is 14.0. The minimum Gasteiger partial charge on any atom is -0.345 e. The molecule has 0 saturated heterocycles. The van der Waals surface area contributed by atoms with Gasteiger partial charge in [-0.1, -0.05) is 23.8 Å². The van der Waals surface area contributed by atoms with Gasteiger partial charge in [-0.05, 0) is 51.0 Å². The molecule has 100 valence electrons. The smallest absolute Gasteiger partial charge is 0.261 e. The molecule has 1 atom stereocenters. The van der Waals surface area contributed by atoms with Crippen molar-refractivity contribution >= 4 is 17.2 Å². The standard InChI is InChI=1S/C16H19NOS/c1-10-5-7-14(11(2)9-10)13(4)17-16(18)15-8-6-12(3)19-15/h5-9,13H,1-4H3,(H,17,18)/t13-/m0/s1. The summed E-state index contributed by atoms with van der Waals surface area (Å²) in [5, 5.41) is 3.06. The summed E-state index contributed by atoms with van der Waals surface area (Å²) in [5.41, 5.74) is 3.64. The Kier molecular flexibility index (Phi) is 4.05. The molecule has 0 spiro atoms. The van der Waals surface area contributed by atoms with Crippen LogP contribution < -0.4 is 5.32 Å². The summed E-state index contributed by atoms with van der Waals surface area (Å²) in [4.78, 5) is 14.0. The zero-order valence-electron chi connectivity index (χ0n) is 11.8. The first-order valence-corrected chi connectivity index (χ1v) is 7.23. The van der Waals surface area contributed by atoms with Gasteiger partial charge >= 0.3 is 0 Å². The SMILES string of the molecule is Cc1ccc([C@H](C)NC(=O)c2ccc(C)s2)c(C)c1. The molecule has 2 rings (SSSR count). The molecular weight excluding hydrogens is 254 g/mol. The second-order valence-electron chi connectivity index (χ2n) is 4.97. The molecule has 0 fully saturated rings. The maximum atomic E-state index is 12.1. The Balaban J connectivity index is 2.12. The van der Waals surface area contributed by atoms with Crippen LogP contribution in [0.5, 0.6) is 0 Å². The van der Waals surface area contributed by atoms with Crippen molar-refractivity contribution in [3.8, 4) is 0 Å². The first-order chi connectivity index (χ1) is 8.97. The van der Waals surface area contributed by atoms with Crippen molar-refractivity contribution in [2.45, 2.75) is 33.7 Å². The van der Waals surface area contributed by atoms with Crippen LogP contribution in [0.15, 0.2) is 30.3 Å². The Morgan fingerprint density at radius 1 is 1.16 bits per heavy atom. The average Bonchev–Trinajstić information content (AvgIpc) is 2.75. The van der Waals surface area contributed by atoms with E-state index in [4.69, 9.17) is 0 Å². The molecule has 1 aromatic carbocycles. The minimum atomic E-state index is 0.00516. The topological polar surface area (TPSA) is 29.1 Å². The quantitative estimate of drug-likeness (QED) is 0.893. The molecule has 0 bridgehead atoms. The number of carbonyl (C=O) groups is 1. The fraction of sp³-hybridized carbons (Fsp3) is 0.312. The number of amides is 1. The molecule has 3 heteroatoms. The van der Waals surface area contributed by atoms with Crippen LogP contribution >= 0.6 is 11.3 Å². The van der Waals surface area contributed by atoms with E-state index in [0.29, 0.717) is 0 Å². The van der Waals surface area contributed by atoms with Crippen molar-refractivity contribution in [2.75, 3.05) is 0 Å². The summed E-state index contributed by atoms with van der Waals surface area (Å²) >= 11 is 1.53. The van der Waals surface area contributed by atoms with Crippen molar-refractivity contribution in [1.82, 2.24) is 5.32 Å². The number of carbonyl (C=O) groups excluding carboxylic acids is 1. The largest absolute Gasteiger partial charge is 0.345 e. The highest BCUT2D eigenvalue weighted by Crippen LogP contribution is 2.20. The number of benzene rings is 1. The molecule has 0 radical (unpaired) electrons. The van der Waals surface area contributed by atoms with Gasteiger partial charge in [-0.2, -0.15) is 0 Å². The highest BCUT2D eigenvalue weighted by atomic mass is 32.1. The van der Waals surface area contributed by atoms with Crippen LogP contribution in [0.3, 0.4) is 0 Å². The van der Waals surface area contributed by atoms with Crippen molar-refractivity contribution in [1.29, 1.82) is 0 Å². The lowest BCUT2D eigenvalue weighted by atomic mass is 10.0. The van der Waals surface area contributed by atoms with Gasteiger partial charge in [0.1, 0.15) is 0 Å². The van der Waals surface area contributed by atoms with Crippen LogP contribution in [-0.4, -0.2) is 5.91 Å². The van der Waals surface area contributed by atoms with Gasteiger partial charge in [0.25, 0.3) is 5.91 Å². The molecule has 0 aliphatic heterocycles. The molecule has 19 heavy (non-hydrogen) atoms. The fourth-order valence-electron chi connectivity index (χ4n) is 2.21. The summed E-state index contributed by atoms with van der Waals surface area (Å²) < 4.78 is 0. The molecule has 1 amide bonds. The first-order valence-electron chi connectivity index (χ1n) is 6.42. The van der Waals surface area contributed by atoms with E-state index >= 15 is 0 Å². The van der Waals surface area contributed by atoms with E-state index < -0.39 is 0 Å². The number of nitrogens with one attached hydrogen (secondary N) is 1. The third kappa shape index (κ3) is 3.24. The van der Waals surface area contributed by atoms with E-state index in [0.717, 1.165) is 9.75 Å². The van der Waals surface area contributed by atoms with E-state index in [9.17, 15) is 4.79 Å². The molecule has 1 aromatic heterocycles. The summed E-state index contributed by atoms with van der Waals surface area (Å²) in [5.74, 6) is 0.00516. The van der Waals surface area contributed by atoms with Crippen LogP contribution in [0.2, 0.25) is 0 Å². The Hall–Kier alpha value is -1.61. The van der Waals surface area contributed by atoms with Crippen molar-refractivity contribution < 1.29 is 4.79 Å². The van der Waals surface area contributed by atoms with Crippen LogP contribution in [-0.2, 0) is 0 Å². The van der Waals surface area contributed by atoms with Gasteiger partial charge in [-0.25, -0.2) is 0 Å². The Bertz CT molecular complexity index is 601. The van der Waals surface area contributed by atoms with Gasteiger partial charge in [0.15, 0.2) is 0 Å². The van der Waals surface area contributed by atoms with Crippen LogP contribution in [0.4, 0.5) is 0 Å².